The third-order valence-electron chi connectivity index (χ3n) is 3.72. The molecule has 3 rings (SSSR count). The number of pyridine rings is 1. The Labute approximate surface area is 155 Å². The molecule has 3 aromatic rings. The lowest BCUT2D eigenvalue weighted by atomic mass is 10.1. The fourth-order valence-corrected chi connectivity index (χ4v) is 4.05. The summed E-state index contributed by atoms with van der Waals surface area (Å²) in [7, 11) is -3.94. The molecule has 0 aliphatic heterocycles. The Morgan fingerprint density at radius 2 is 1.93 bits per heavy atom. The summed E-state index contributed by atoms with van der Waals surface area (Å²) >= 11 is 0.825. The SMILES string of the molecule is Cc1c(C(=O)Nc2cccc(S(N)(=O)=O)c2)sc2nc(C(F)(F)F)ccc12. The lowest BCUT2D eigenvalue weighted by Crippen LogP contribution is -2.14. The summed E-state index contributed by atoms with van der Waals surface area (Å²) in [4.78, 5) is 16.2. The van der Waals surface area contributed by atoms with Gasteiger partial charge in [0.05, 0.1) is 9.77 Å². The smallest absolute Gasteiger partial charge is 0.321 e. The van der Waals surface area contributed by atoms with Crippen molar-refractivity contribution in [2.75, 3.05) is 5.32 Å². The second-order valence-corrected chi connectivity index (χ2v) is 8.19. The number of rotatable bonds is 3. The van der Waals surface area contributed by atoms with E-state index in [2.05, 4.69) is 10.3 Å². The zero-order chi connectivity index (χ0) is 20.0. The minimum atomic E-state index is -4.58. The maximum Gasteiger partial charge on any atom is 0.433 e. The van der Waals surface area contributed by atoms with Crippen molar-refractivity contribution >= 4 is 43.2 Å². The van der Waals surface area contributed by atoms with E-state index in [9.17, 15) is 26.4 Å². The number of amides is 1. The molecule has 0 aliphatic carbocycles. The highest BCUT2D eigenvalue weighted by molar-refractivity contribution is 7.89. The van der Waals surface area contributed by atoms with E-state index < -0.39 is 27.8 Å². The fourth-order valence-electron chi connectivity index (χ4n) is 2.41. The molecule has 6 nitrogen and oxygen atoms in total. The maximum atomic E-state index is 12.8. The van der Waals surface area contributed by atoms with Gasteiger partial charge in [-0.05, 0) is 42.8 Å². The number of alkyl halides is 3. The number of sulfonamides is 1. The van der Waals surface area contributed by atoms with Crippen molar-refractivity contribution in [3.63, 3.8) is 0 Å². The number of nitrogens with one attached hydrogen (secondary N) is 1. The zero-order valence-corrected chi connectivity index (χ0v) is 15.3. The number of fused-ring (bicyclic) bond motifs is 1. The van der Waals surface area contributed by atoms with Gasteiger partial charge in [-0.2, -0.15) is 13.2 Å². The Balaban J connectivity index is 1.96. The normalized spacial score (nSPS) is 12.3. The van der Waals surface area contributed by atoms with Gasteiger partial charge < -0.3 is 5.32 Å². The monoisotopic (exact) mass is 415 g/mol. The Morgan fingerprint density at radius 3 is 2.56 bits per heavy atom. The number of benzene rings is 1. The molecule has 0 saturated carbocycles. The van der Waals surface area contributed by atoms with Crippen LogP contribution in [-0.2, 0) is 16.2 Å². The molecule has 0 aliphatic rings. The highest BCUT2D eigenvalue weighted by Crippen LogP contribution is 2.34. The number of aryl methyl sites for hydroxylation is 1. The average Bonchev–Trinajstić information content (AvgIpc) is 2.90. The molecule has 0 unspecified atom stereocenters. The van der Waals surface area contributed by atoms with Gasteiger partial charge in [0.15, 0.2) is 0 Å². The summed E-state index contributed by atoms with van der Waals surface area (Å²) in [5, 5.41) is 8.01. The van der Waals surface area contributed by atoms with E-state index in [0.717, 1.165) is 17.4 Å². The molecule has 0 bridgehead atoms. The first-order valence-electron chi connectivity index (χ1n) is 7.38. The standard InChI is InChI=1S/C16H12F3N3O3S2/c1-8-11-5-6-12(16(17,18)19)22-15(11)26-13(8)14(23)21-9-3-2-4-10(7-9)27(20,24)25/h2-7H,1H3,(H,21,23)(H2,20,24,25). The van der Waals surface area contributed by atoms with Crippen LogP contribution >= 0.6 is 11.3 Å². The van der Waals surface area contributed by atoms with Gasteiger partial charge in [-0.25, -0.2) is 18.5 Å². The summed E-state index contributed by atoms with van der Waals surface area (Å²) in [6, 6.07) is 7.47. The van der Waals surface area contributed by atoms with Crippen molar-refractivity contribution in [1.29, 1.82) is 0 Å². The minimum Gasteiger partial charge on any atom is -0.321 e. The van der Waals surface area contributed by atoms with Crippen LogP contribution in [0.4, 0.5) is 18.9 Å². The predicted molar refractivity (Wildman–Crippen MR) is 95.1 cm³/mol. The molecule has 3 N–H and O–H groups in total. The van der Waals surface area contributed by atoms with Gasteiger partial charge in [0.2, 0.25) is 10.0 Å². The van der Waals surface area contributed by atoms with Gasteiger partial charge in [0.25, 0.3) is 5.91 Å². The van der Waals surface area contributed by atoms with Gasteiger partial charge >= 0.3 is 6.18 Å². The summed E-state index contributed by atoms with van der Waals surface area (Å²) in [5.41, 5.74) is -0.368. The molecule has 142 valence electrons. The second kappa shape index (κ2) is 6.59. The molecule has 2 aromatic heterocycles. The van der Waals surface area contributed by atoms with Crippen LogP contribution in [0.25, 0.3) is 10.2 Å². The number of carbonyl (C=O) groups is 1. The summed E-state index contributed by atoms with van der Waals surface area (Å²) in [5.74, 6) is -0.587. The molecule has 0 saturated heterocycles. The van der Waals surface area contributed by atoms with Crippen LogP contribution in [0.2, 0.25) is 0 Å². The number of nitrogens with zero attached hydrogens (tertiary/aromatic N) is 1. The van der Waals surface area contributed by atoms with Gasteiger partial charge in [0, 0.05) is 11.1 Å². The van der Waals surface area contributed by atoms with Crippen molar-refractivity contribution in [2.45, 2.75) is 18.0 Å². The Morgan fingerprint density at radius 1 is 1.22 bits per heavy atom. The number of halogens is 3. The molecule has 1 amide bonds. The van der Waals surface area contributed by atoms with E-state index in [0.29, 0.717) is 10.9 Å². The van der Waals surface area contributed by atoms with Crippen LogP contribution in [0.3, 0.4) is 0 Å². The highest BCUT2D eigenvalue weighted by Gasteiger charge is 2.33. The number of anilines is 1. The summed E-state index contributed by atoms with van der Waals surface area (Å²) in [6.07, 6.45) is -4.58. The largest absolute Gasteiger partial charge is 0.433 e. The van der Waals surface area contributed by atoms with E-state index in [4.69, 9.17) is 5.14 Å². The quantitative estimate of drug-likeness (QED) is 0.683. The van der Waals surface area contributed by atoms with Crippen molar-refractivity contribution in [1.82, 2.24) is 4.98 Å². The topological polar surface area (TPSA) is 102 Å². The maximum absolute atomic E-state index is 12.8. The van der Waals surface area contributed by atoms with E-state index in [1.54, 1.807) is 6.92 Å². The predicted octanol–water partition coefficient (Wildman–Crippen LogP) is 3.52. The van der Waals surface area contributed by atoms with E-state index in [-0.39, 0.29) is 20.3 Å². The van der Waals surface area contributed by atoms with Crippen LogP contribution in [-0.4, -0.2) is 19.3 Å². The first-order valence-corrected chi connectivity index (χ1v) is 9.74. The van der Waals surface area contributed by atoms with Gasteiger partial charge in [-0.3, -0.25) is 4.79 Å². The Kier molecular flexibility index (Phi) is 4.70. The number of primary sulfonamides is 1. The highest BCUT2D eigenvalue weighted by atomic mass is 32.2. The lowest BCUT2D eigenvalue weighted by molar-refractivity contribution is -0.140. The molecular formula is C16H12F3N3O3S2. The van der Waals surface area contributed by atoms with Gasteiger partial charge in [0.1, 0.15) is 10.5 Å². The summed E-state index contributed by atoms with van der Waals surface area (Å²) < 4.78 is 61.2. The third-order valence-corrected chi connectivity index (χ3v) is 5.83. The Hall–Kier alpha value is -2.50. The number of hydrogen-bond donors (Lipinski definition) is 2. The van der Waals surface area contributed by atoms with E-state index >= 15 is 0 Å². The minimum absolute atomic E-state index is 0.0887. The molecular weight excluding hydrogens is 403 g/mol. The molecule has 0 fully saturated rings. The molecule has 1 aromatic carbocycles. The molecule has 0 atom stereocenters. The first-order chi connectivity index (χ1) is 12.5. The zero-order valence-electron chi connectivity index (χ0n) is 13.7. The first kappa shape index (κ1) is 19.3. The van der Waals surface area contributed by atoms with Crippen molar-refractivity contribution in [3.8, 4) is 0 Å². The third kappa shape index (κ3) is 3.94. The lowest BCUT2D eigenvalue weighted by Gasteiger charge is -2.06. The number of carbonyl (C=O) groups excluding carboxylic acids is 1. The van der Waals surface area contributed by atoms with Crippen LogP contribution in [0.1, 0.15) is 20.9 Å². The second-order valence-electron chi connectivity index (χ2n) is 5.63. The van der Waals surface area contributed by atoms with E-state index in [1.165, 1.54) is 30.3 Å². The van der Waals surface area contributed by atoms with Crippen LogP contribution < -0.4 is 10.5 Å². The van der Waals surface area contributed by atoms with Gasteiger partial charge in [-0.1, -0.05) is 6.07 Å². The van der Waals surface area contributed by atoms with Gasteiger partial charge in [-0.15, -0.1) is 11.3 Å². The van der Waals surface area contributed by atoms with Crippen LogP contribution in [0.15, 0.2) is 41.3 Å². The van der Waals surface area contributed by atoms with Crippen LogP contribution in [0, 0.1) is 6.92 Å². The Bertz CT molecular complexity index is 1150. The molecule has 27 heavy (non-hydrogen) atoms. The number of thiophene rings is 1. The van der Waals surface area contributed by atoms with Crippen molar-refractivity contribution < 1.29 is 26.4 Å². The van der Waals surface area contributed by atoms with E-state index in [1.807, 2.05) is 0 Å². The molecule has 2 heterocycles. The molecule has 0 radical (unpaired) electrons. The summed E-state index contributed by atoms with van der Waals surface area (Å²) in [6.45, 7) is 1.60. The number of nitrogens with two attached hydrogens (primary N) is 1. The number of hydrogen-bond acceptors (Lipinski definition) is 5. The average molecular weight is 415 g/mol. The number of aromatic nitrogens is 1. The van der Waals surface area contributed by atoms with Crippen molar-refractivity contribution in [3.05, 3.63) is 52.5 Å². The van der Waals surface area contributed by atoms with Crippen molar-refractivity contribution in [2.24, 2.45) is 5.14 Å². The molecule has 11 heteroatoms. The van der Waals surface area contributed by atoms with Crippen LogP contribution in [0.5, 0.6) is 0 Å². The fraction of sp³-hybridized carbons (Fsp3) is 0.125. The molecule has 0 spiro atoms.